The van der Waals surface area contributed by atoms with Crippen molar-refractivity contribution >= 4 is 14.1 Å². The maximum atomic E-state index is 2.52. The van der Waals surface area contributed by atoms with Crippen LogP contribution >= 0.6 is 0 Å². The molecule has 0 saturated heterocycles. The molecule has 0 aromatic rings. The zero-order valence-electron chi connectivity index (χ0n) is 26.4. The molecule has 0 fully saturated rings. The second kappa shape index (κ2) is 17.1. The van der Waals surface area contributed by atoms with E-state index in [9.17, 15) is 0 Å². The Hall–Kier alpha value is 0.532. The van der Waals surface area contributed by atoms with E-state index in [4.69, 9.17) is 0 Å². The van der Waals surface area contributed by atoms with Crippen molar-refractivity contribution in [2.45, 2.75) is 176 Å². The van der Waals surface area contributed by atoms with Crippen LogP contribution in [0.15, 0.2) is 0 Å². The van der Waals surface area contributed by atoms with E-state index in [2.05, 4.69) is 83.1 Å². The van der Waals surface area contributed by atoms with E-state index in [1.165, 1.54) is 77.0 Å². The summed E-state index contributed by atoms with van der Waals surface area (Å²) in [5.41, 5.74) is 1.74. The maximum absolute atomic E-state index is 2.52. The molecule has 3 atom stereocenters. The summed E-state index contributed by atoms with van der Waals surface area (Å²) in [6.07, 6.45) is 16.6. The fourth-order valence-electron chi connectivity index (χ4n) is 8.89. The van der Waals surface area contributed by atoms with Crippen LogP contribution in [0.5, 0.6) is 0 Å². The molecule has 0 aliphatic carbocycles. The fourth-order valence-corrected chi connectivity index (χ4v) is 14.4. The topological polar surface area (TPSA) is 0 Å². The Bertz CT molecular complexity index is 387. The molecule has 0 bridgehead atoms. The molecule has 1 heteroatoms. The molecule has 0 rings (SSSR count). The maximum Gasteiger partial charge on any atom is 0.262 e. The van der Waals surface area contributed by atoms with Crippen LogP contribution < -0.4 is 0 Å². The Morgan fingerprint density at radius 2 is 0.529 bits per heavy atom. The molecule has 0 heterocycles. The van der Waals surface area contributed by atoms with E-state index < -0.39 is 14.1 Å². The van der Waals surface area contributed by atoms with Gasteiger partial charge in [-0.2, -0.15) is 0 Å². The minimum Gasteiger partial charge on any atom is -0.0905 e. The lowest BCUT2D eigenvalue weighted by Crippen LogP contribution is -2.39. The third kappa shape index (κ3) is 8.01. The van der Waals surface area contributed by atoms with Gasteiger partial charge in [-0.1, -0.05) is 176 Å². The minimum atomic E-state index is -0.885. The summed E-state index contributed by atoms with van der Waals surface area (Å²) in [6, 6.07) is 0. The first-order valence-electron chi connectivity index (χ1n) is 16.2. The molecule has 204 valence electrons. The molecular weight excluding hydrogens is 423 g/mol. The van der Waals surface area contributed by atoms with Gasteiger partial charge in [0.15, 0.2) is 0 Å². The van der Waals surface area contributed by atoms with Gasteiger partial charge in [0.25, 0.3) is 14.1 Å². The predicted molar refractivity (Wildman–Crippen MR) is 161 cm³/mol. The molecule has 0 aromatic carbocycles. The zero-order valence-corrected chi connectivity index (χ0v) is 27.6. The van der Waals surface area contributed by atoms with Gasteiger partial charge < -0.3 is 0 Å². The van der Waals surface area contributed by atoms with Crippen LogP contribution in [0.3, 0.4) is 0 Å². The average Bonchev–Trinajstić information content (AvgIpc) is 2.89. The van der Waals surface area contributed by atoms with E-state index in [1.807, 2.05) is 0 Å². The summed E-state index contributed by atoms with van der Waals surface area (Å²) in [7, 11) is 0. The van der Waals surface area contributed by atoms with Gasteiger partial charge in [-0.15, -0.1) is 0 Å². The van der Waals surface area contributed by atoms with E-state index in [0.29, 0.717) is 16.2 Å². The molecule has 0 N–H and O–H groups in total. The molecule has 0 spiro atoms. The van der Waals surface area contributed by atoms with Crippen LogP contribution in [0.1, 0.15) is 160 Å². The van der Waals surface area contributed by atoms with Crippen molar-refractivity contribution in [2.75, 3.05) is 0 Å². The van der Waals surface area contributed by atoms with Gasteiger partial charge in [-0.25, -0.2) is 0 Å². The Kier molecular flexibility index (Phi) is 17.4. The summed E-state index contributed by atoms with van der Waals surface area (Å²) < 4.78 is 0. The van der Waals surface area contributed by atoms with Gasteiger partial charge in [0, 0.05) is 0 Å². The molecule has 0 aliphatic rings. The highest BCUT2D eigenvalue weighted by molar-refractivity contribution is 6.59. The van der Waals surface area contributed by atoms with Crippen molar-refractivity contribution in [1.82, 2.24) is 0 Å². The van der Waals surface area contributed by atoms with Crippen LogP contribution in [-0.2, 0) is 0 Å². The van der Waals surface area contributed by atoms with Crippen molar-refractivity contribution < 1.29 is 0 Å². The number of rotatable bonds is 21. The average molecular weight is 493 g/mol. The van der Waals surface area contributed by atoms with Crippen molar-refractivity contribution in [3.63, 3.8) is 0 Å². The smallest absolute Gasteiger partial charge is 0.0905 e. The molecule has 3 unspecified atom stereocenters. The Labute approximate surface area is 223 Å². The first kappa shape index (κ1) is 34.5. The van der Waals surface area contributed by atoms with Crippen LogP contribution in [0.2, 0.25) is 15.8 Å². The lowest BCUT2D eigenvalue weighted by Gasteiger charge is -2.45. The molecule has 0 aliphatic heterocycles. The second-order valence-corrected chi connectivity index (χ2v) is 15.3. The molecule has 34 heavy (non-hydrogen) atoms. The molecule has 0 radical (unpaired) electrons. The molecule has 0 aromatic heterocycles. The predicted octanol–water partition coefficient (Wildman–Crippen LogP) is 12.2. The Morgan fingerprint density at radius 1 is 0.353 bits per heavy atom. The first-order valence-corrected chi connectivity index (χ1v) is 18.7. The number of hydrogen-bond acceptors (Lipinski definition) is 0. The van der Waals surface area contributed by atoms with Crippen molar-refractivity contribution in [3.8, 4) is 0 Å². The molecular formula is C33H69Al. The molecule has 0 saturated carbocycles. The van der Waals surface area contributed by atoms with Gasteiger partial charge in [0.1, 0.15) is 0 Å². The van der Waals surface area contributed by atoms with Crippen LogP contribution in [0.4, 0.5) is 0 Å². The SMILES string of the molecule is CCC([CH2][Al]([CH2]C(CC)C(CC)(CC)CC)[CH2]C(CC)C(CC)(CC)CC)C(CC)(CC)CC. The van der Waals surface area contributed by atoms with Gasteiger partial charge in [-0.05, 0) is 34.0 Å². The zero-order chi connectivity index (χ0) is 26.4. The third-order valence-corrected chi connectivity index (χ3v) is 16.0. The third-order valence-electron chi connectivity index (χ3n) is 12.3. The van der Waals surface area contributed by atoms with E-state index >= 15 is 0 Å². The lowest BCUT2D eigenvalue weighted by atomic mass is 9.68. The van der Waals surface area contributed by atoms with Crippen LogP contribution in [-0.4, -0.2) is 14.1 Å². The second-order valence-electron chi connectivity index (χ2n) is 12.2. The summed E-state index contributed by atoms with van der Waals surface area (Å²) in [4.78, 5) is 0. The van der Waals surface area contributed by atoms with E-state index in [0.717, 1.165) is 17.8 Å². The Balaban J connectivity index is 6.32. The molecule has 0 amide bonds. The normalized spacial score (nSPS) is 15.9. The van der Waals surface area contributed by atoms with Crippen molar-refractivity contribution in [1.29, 1.82) is 0 Å². The highest BCUT2D eigenvalue weighted by Crippen LogP contribution is 2.50. The summed E-state index contributed by atoms with van der Waals surface area (Å²) in [5, 5.41) is 4.83. The van der Waals surface area contributed by atoms with Crippen LogP contribution in [0, 0.1) is 34.0 Å². The van der Waals surface area contributed by atoms with Crippen molar-refractivity contribution in [2.24, 2.45) is 34.0 Å². The van der Waals surface area contributed by atoms with Gasteiger partial charge in [0.05, 0.1) is 0 Å². The quantitative estimate of drug-likeness (QED) is 0.140. The largest absolute Gasteiger partial charge is 0.262 e. The van der Waals surface area contributed by atoms with E-state index in [-0.39, 0.29) is 0 Å². The summed E-state index contributed by atoms with van der Waals surface area (Å²) in [5.74, 6) is 2.83. The highest BCUT2D eigenvalue weighted by Gasteiger charge is 2.42. The summed E-state index contributed by atoms with van der Waals surface area (Å²) >= 11 is -0.885. The summed E-state index contributed by atoms with van der Waals surface area (Å²) in [6.45, 7) is 29.9. The van der Waals surface area contributed by atoms with Crippen molar-refractivity contribution in [3.05, 3.63) is 0 Å². The lowest BCUT2D eigenvalue weighted by molar-refractivity contribution is 0.130. The van der Waals surface area contributed by atoms with Gasteiger partial charge in [0.2, 0.25) is 0 Å². The monoisotopic (exact) mass is 493 g/mol. The van der Waals surface area contributed by atoms with Gasteiger partial charge in [-0.3, -0.25) is 0 Å². The van der Waals surface area contributed by atoms with Crippen LogP contribution in [0.25, 0.3) is 0 Å². The Morgan fingerprint density at radius 3 is 0.647 bits per heavy atom. The van der Waals surface area contributed by atoms with E-state index in [1.54, 1.807) is 15.8 Å². The molecule has 0 nitrogen and oxygen atoms in total. The fraction of sp³-hybridized carbons (Fsp3) is 1.00. The minimum absolute atomic E-state index is 0.581. The van der Waals surface area contributed by atoms with Gasteiger partial charge >= 0.3 is 0 Å². The standard InChI is InChI=1S/3C11H23.Al/c3*1-6-10(5)11(7-2,8-3)9-4;/h3*10H,5-9H2,1-4H3;. The number of hydrogen-bond donors (Lipinski definition) is 0. The highest BCUT2D eigenvalue weighted by atomic mass is 27.2. The first-order chi connectivity index (χ1) is 16.2.